The number of rotatable bonds is 7. The van der Waals surface area contributed by atoms with Gasteiger partial charge in [-0.15, -0.1) is 0 Å². The molecule has 0 unspecified atom stereocenters. The number of hydrogen-bond acceptors (Lipinski definition) is 4. The minimum absolute atomic E-state index is 0.205. The molecule has 0 atom stereocenters. The van der Waals surface area contributed by atoms with Crippen LogP contribution in [0.3, 0.4) is 0 Å². The summed E-state index contributed by atoms with van der Waals surface area (Å²) in [5.41, 5.74) is 4.72. The Hall–Kier alpha value is -3.16. The van der Waals surface area contributed by atoms with E-state index in [0.717, 1.165) is 15.6 Å². The van der Waals surface area contributed by atoms with E-state index in [1.54, 1.807) is 36.4 Å². The Bertz CT molecular complexity index is 1070. The quantitative estimate of drug-likeness (QED) is 0.286. The number of benzene rings is 3. The lowest BCUT2D eigenvalue weighted by Crippen LogP contribution is -2.37. The van der Waals surface area contributed by atoms with Gasteiger partial charge in [0.05, 0.1) is 6.21 Å². The molecule has 0 saturated heterocycles. The van der Waals surface area contributed by atoms with Gasteiger partial charge in [-0.3, -0.25) is 9.59 Å². The maximum atomic E-state index is 12.0. The van der Waals surface area contributed by atoms with Crippen molar-refractivity contribution in [2.75, 3.05) is 0 Å². The van der Waals surface area contributed by atoms with Crippen LogP contribution in [0.5, 0.6) is 5.75 Å². The van der Waals surface area contributed by atoms with E-state index >= 15 is 0 Å². The number of nitrogens with zero attached hydrogens (tertiary/aromatic N) is 1. The van der Waals surface area contributed by atoms with Crippen LogP contribution < -0.4 is 15.5 Å². The van der Waals surface area contributed by atoms with Crippen LogP contribution in [0.4, 0.5) is 0 Å². The van der Waals surface area contributed by atoms with Gasteiger partial charge in [0.15, 0.2) is 0 Å². The zero-order chi connectivity index (χ0) is 22.1. The summed E-state index contributed by atoms with van der Waals surface area (Å²) in [6, 6.07) is 22.2. The highest BCUT2D eigenvalue weighted by atomic mass is 79.9. The molecule has 0 saturated carbocycles. The summed E-state index contributed by atoms with van der Waals surface area (Å²) < 4.78 is 6.69. The Labute approximate surface area is 193 Å². The third kappa shape index (κ3) is 7.24. The van der Waals surface area contributed by atoms with Crippen LogP contribution in [0.2, 0.25) is 5.02 Å². The SMILES string of the molecule is O=C(NCc1ccc(Cl)cc1)C(=O)N/N=C\c1cc(Br)ccc1OCc1ccccc1. The van der Waals surface area contributed by atoms with Crippen molar-refractivity contribution in [3.05, 3.63) is 99.0 Å². The van der Waals surface area contributed by atoms with Crippen LogP contribution in [0.1, 0.15) is 16.7 Å². The lowest BCUT2D eigenvalue weighted by molar-refractivity contribution is -0.139. The van der Waals surface area contributed by atoms with E-state index in [-0.39, 0.29) is 6.54 Å². The highest BCUT2D eigenvalue weighted by Crippen LogP contribution is 2.22. The fraction of sp³-hybridized carbons (Fsp3) is 0.0870. The molecule has 8 heteroatoms. The number of hydrazone groups is 1. The Balaban J connectivity index is 1.55. The van der Waals surface area contributed by atoms with Gasteiger partial charge in [0.2, 0.25) is 0 Å². The monoisotopic (exact) mass is 499 g/mol. The van der Waals surface area contributed by atoms with Gasteiger partial charge in [-0.25, -0.2) is 5.43 Å². The molecule has 0 bridgehead atoms. The summed E-state index contributed by atoms with van der Waals surface area (Å²) in [7, 11) is 0. The van der Waals surface area contributed by atoms with E-state index in [9.17, 15) is 9.59 Å². The van der Waals surface area contributed by atoms with Crippen molar-refractivity contribution < 1.29 is 14.3 Å². The fourth-order valence-corrected chi connectivity index (χ4v) is 3.07. The molecule has 0 heterocycles. The molecule has 6 nitrogen and oxygen atoms in total. The smallest absolute Gasteiger partial charge is 0.329 e. The minimum atomic E-state index is -0.869. The molecule has 0 spiro atoms. The summed E-state index contributed by atoms with van der Waals surface area (Å²) in [6.07, 6.45) is 1.43. The topological polar surface area (TPSA) is 79.8 Å². The maximum absolute atomic E-state index is 12.0. The van der Waals surface area contributed by atoms with E-state index in [4.69, 9.17) is 16.3 Å². The van der Waals surface area contributed by atoms with Crippen LogP contribution >= 0.6 is 27.5 Å². The second kappa shape index (κ2) is 11.3. The van der Waals surface area contributed by atoms with Gasteiger partial charge in [0.1, 0.15) is 12.4 Å². The Kier molecular flexibility index (Phi) is 8.20. The zero-order valence-corrected chi connectivity index (χ0v) is 18.7. The van der Waals surface area contributed by atoms with Crippen molar-refractivity contribution in [1.29, 1.82) is 0 Å². The number of amides is 2. The zero-order valence-electron chi connectivity index (χ0n) is 16.3. The van der Waals surface area contributed by atoms with Gasteiger partial charge >= 0.3 is 11.8 Å². The van der Waals surface area contributed by atoms with Crippen LogP contribution in [-0.4, -0.2) is 18.0 Å². The van der Waals surface area contributed by atoms with Gasteiger partial charge in [0, 0.05) is 21.6 Å². The predicted octanol–water partition coefficient (Wildman–Crippen LogP) is 4.45. The van der Waals surface area contributed by atoms with E-state index in [0.29, 0.717) is 22.9 Å². The minimum Gasteiger partial charge on any atom is -0.488 e. The first-order valence-corrected chi connectivity index (χ1v) is 10.5. The number of hydrogen-bond donors (Lipinski definition) is 2. The molecule has 0 aromatic heterocycles. The first-order chi connectivity index (χ1) is 15.0. The molecule has 0 fully saturated rings. The number of halogens is 2. The van der Waals surface area contributed by atoms with Crippen molar-refractivity contribution in [1.82, 2.24) is 10.7 Å². The van der Waals surface area contributed by atoms with Gasteiger partial charge in [0.25, 0.3) is 0 Å². The van der Waals surface area contributed by atoms with Gasteiger partial charge < -0.3 is 10.1 Å². The van der Waals surface area contributed by atoms with E-state index in [1.807, 2.05) is 36.4 Å². The Morgan fingerprint density at radius 1 is 0.968 bits per heavy atom. The molecule has 158 valence electrons. The molecule has 0 radical (unpaired) electrons. The third-order valence-electron chi connectivity index (χ3n) is 4.15. The van der Waals surface area contributed by atoms with Gasteiger partial charge in [-0.1, -0.05) is 70.0 Å². The largest absolute Gasteiger partial charge is 0.488 e. The normalized spacial score (nSPS) is 10.6. The first-order valence-electron chi connectivity index (χ1n) is 9.33. The Morgan fingerprint density at radius 3 is 2.45 bits per heavy atom. The molecule has 0 aliphatic rings. The molecule has 3 aromatic rings. The second-order valence-corrected chi connectivity index (χ2v) is 7.82. The standard InChI is InChI=1S/C23H19BrClN3O3/c24-19-8-11-21(31-15-17-4-2-1-3-5-17)18(12-19)14-27-28-23(30)22(29)26-13-16-6-9-20(25)10-7-16/h1-12,14H,13,15H2,(H,26,29)(H,28,30)/b27-14-. The van der Waals surface area contributed by atoms with E-state index < -0.39 is 11.8 Å². The summed E-state index contributed by atoms with van der Waals surface area (Å²) in [5.74, 6) is -1.06. The molecule has 3 aromatic carbocycles. The highest BCUT2D eigenvalue weighted by Gasteiger charge is 2.12. The van der Waals surface area contributed by atoms with Gasteiger partial charge in [-0.05, 0) is 41.5 Å². The molecule has 0 aliphatic carbocycles. The lowest BCUT2D eigenvalue weighted by atomic mass is 10.2. The fourth-order valence-electron chi connectivity index (χ4n) is 2.56. The third-order valence-corrected chi connectivity index (χ3v) is 4.90. The first kappa shape index (κ1) is 22.5. The Morgan fingerprint density at radius 2 is 1.71 bits per heavy atom. The summed E-state index contributed by atoms with van der Waals surface area (Å²) in [5, 5.41) is 7.01. The molecule has 31 heavy (non-hydrogen) atoms. The summed E-state index contributed by atoms with van der Waals surface area (Å²) >= 11 is 9.23. The summed E-state index contributed by atoms with van der Waals surface area (Å²) in [6.45, 7) is 0.596. The van der Waals surface area contributed by atoms with Crippen molar-refractivity contribution in [2.24, 2.45) is 5.10 Å². The molecular formula is C23H19BrClN3O3. The predicted molar refractivity (Wildman–Crippen MR) is 124 cm³/mol. The van der Waals surface area contributed by atoms with Crippen LogP contribution in [0.25, 0.3) is 0 Å². The van der Waals surface area contributed by atoms with Gasteiger partial charge in [-0.2, -0.15) is 5.10 Å². The van der Waals surface area contributed by atoms with E-state index in [1.165, 1.54) is 6.21 Å². The molecule has 2 amide bonds. The van der Waals surface area contributed by atoms with Crippen molar-refractivity contribution in [3.63, 3.8) is 0 Å². The number of carbonyl (C=O) groups is 2. The molecule has 2 N–H and O–H groups in total. The van der Waals surface area contributed by atoms with Crippen LogP contribution in [0, 0.1) is 0 Å². The number of nitrogens with one attached hydrogen (secondary N) is 2. The number of carbonyl (C=O) groups excluding carboxylic acids is 2. The average molecular weight is 501 g/mol. The lowest BCUT2D eigenvalue weighted by Gasteiger charge is -2.09. The molecule has 3 rings (SSSR count). The second-order valence-electron chi connectivity index (χ2n) is 6.46. The molecular weight excluding hydrogens is 482 g/mol. The maximum Gasteiger partial charge on any atom is 0.329 e. The van der Waals surface area contributed by atoms with Crippen molar-refractivity contribution in [2.45, 2.75) is 13.2 Å². The van der Waals surface area contributed by atoms with Crippen LogP contribution in [-0.2, 0) is 22.7 Å². The van der Waals surface area contributed by atoms with Crippen LogP contribution in [0.15, 0.2) is 82.4 Å². The average Bonchev–Trinajstić information content (AvgIpc) is 2.78. The summed E-state index contributed by atoms with van der Waals surface area (Å²) in [4.78, 5) is 23.9. The van der Waals surface area contributed by atoms with E-state index in [2.05, 4.69) is 31.8 Å². The molecule has 0 aliphatic heterocycles. The highest BCUT2D eigenvalue weighted by molar-refractivity contribution is 9.10. The number of ether oxygens (including phenoxy) is 1. The van der Waals surface area contributed by atoms with Crippen molar-refractivity contribution >= 4 is 45.6 Å². The van der Waals surface area contributed by atoms with Crippen molar-refractivity contribution in [3.8, 4) is 5.75 Å².